The Labute approximate surface area is 117 Å². The van der Waals surface area contributed by atoms with Gasteiger partial charge in [-0.3, -0.25) is 4.21 Å². The molecule has 3 atom stereocenters. The smallest absolute Gasteiger partial charge is 0.0498 e. The van der Waals surface area contributed by atoms with Gasteiger partial charge in [0.05, 0.1) is 0 Å². The number of nitrogens with one attached hydrogen (secondary N) is 1. The van der Waals surface area contributed by atoms with Gasteiger partial charge in [-0.1, -0.05) is 24.9 Å². The highest BCUT2D eigenvalue weighted by Gasteiger charge is 2.23. The topological polar surface area (TPSA) is 29.1 Å². The van der Waals surface area contributed by atoms with E-state index < -0.39 is 10.8 Å². The Bertz CT molecular complexity index is 449. The van der Waals surface area contributed by atoms with Crippen molar-refractivity contribution < 1.29 is 4.21 Å². The number of halogens is 1. The lowest BCUT2D eigenvalue weighted by Crippen LogP contribution is -2.21. The fourth-order valence-corrected chi connectivity index (χ4v) is 3.51. The van der Waals surface area contributed by atoms with Gasteiger partial charge in [-0.25, -0.2) is 0 Å². The van der Waals surface area contributed by atoms with Crippen LogP contribution in [0.25, 0.3) is 0 Å². The average Bonchev–Trinajstić information content (AvgIpc) is 2.69. The van der Waals surface area contributed by atoms with E-state index in [1.807, 2.05) is 18.2 Å². The summed E-state index contributed by atoms with van der Waals surface area (Å²) < 4.78 is 11.3. The summed E-state index contributed by atoms with van der Waals surface area (Å²) in [4.78, 5) is 0. The molecule has 0 bridgehead atoms. The third-order valence-corrected chi connectivity index (χ3v) is 4.70. The molecular formula is C14H20ClNOS. The van der Waals surface area contributed by atoms with Crippen LogP contribution < -0.4 is 5.32 Å². The molecule has 100 valence electrons. The van der Waals surface area contributed by atoms with Crippen LogP contribution in [-0.2, 0) is 16.6 Å². The van der Waals surface area contributed by atoms with Crippen LogP contribution in [0.2, 0.25) is 5.02 Å². The molecule has 0 heterocycles. The summed E-state index contributed by atoms with van der Waals surface area (Å²) in [6, 6.07) is 6.50. The molecule has 0 radical (unpaired) electrons. The molecule has 2 nitrogen and oxygen atoms in total. The van der Waals surface area contributed by atoms with Crippen molar-refractivity contribution in [2.75, 3.05) is 11.6 Å². The molecule has 0 aliphatic heterocycles. The summed E-state index contributed by atoms with van der Waals surface area (Å²) >= 11 is 6.12. The zero-order valence-corrected chi connectivity index (χ0v) is 12.5. The molecule has 0 spiro atoms. The summed E-state index contributed by atoms with van der Waals surface area (Å²) in [6.07, 6.45) is 5.55. The maximum absolute atomic E-state index is 11.3. The zero-order valence-electron chi connectivity index (χ0n) is 10.9. The standard InChI is InChI=1S/C14H20ClNOS/c1-10-4-3-5-14(10)16-12-6-7-13(15)11(8-12)9-18(2)17/h6-8,10,14,16H,3-5,9H2,1-2H3. The van der Waals surface area contributed by atoms with E-state index in [1.165, 1.54) is 19.3 Å². The molecule has 1 aliphatic rings. The van der Waals surface area contributed by atoms with Crippen molar-refractivity contribution in [1.29, 1.82) is 0 Å². The second-order valence-corrected chi connectivity index (χ2v) is 7.02. The monoisotopic (exact) mass is 285 g/mol. The highest BCUT2D eigenvalue weighted by atomic mass is 35.5. The third-order valence-electron chi connectivity index (χ3n) is 3.62. The number of benzene rings is 1. The van der Waals surface area contributed by atoms with E-state index in [0.717, 1.165) is 17.2 Å². The van der Waals surface area contributed by atoms with Gasteiger partial charge in [-0.05, 0) is 42.5 Å². The minimum Gasteiger partial charge on any atom is -0.382 e. The highest BCUT2D eigenvalue weighted by molar-refractivity contribution is 7.83. The van der Waals surface area contributed by atoms with Crippen LogP contribution in [0, 0.1) is 5.92 Å². The van der Waals surface area contributed by atoms with E-state index in [4.69, 9.17) is 11.6 Å². The Morgan fingerprint density at radius 3 is 2.83 bits per heavy atom. The Balaban J connectivity index is 2.11. The van der Waals surface area contributed by atoms with Crippen LogP contribution in [0.4, 0.5) is 5.69 Å². The first-order valence-corrected chi connectivity index (χ1v) is 8.52. The quantitative estimate of drug-likeness (QED) is 0.911. The molecule has 1 saturated carbocycles. The zero-order chi connectivity index (χ0) is 13.1. The molecule has 0 saturated heterocycles. The van der Waals surface area contributed by atoms with E-state index in [2.05, 4.69) is 12.2 Å². The molecule has 1 aliphatic carbocycles. The van der Waals surface area contributed by atoms with Gasteiger partial charge >= 0.3 is 0 Å². The summed E-state index contributed by atoms with van der Waals surface area (Å²) in [5.41, 5.74) is 2.06. The minimum atomic E-state index is -0.858. The number of anilines is 1. The lowest BCUT2D eigenvalue weighted by molar-refractivity contribution is 0.556. The van der Waals surface area contributed by atoms with Crippen molar-refractivity contribution in [2.24, 2.45) is 5.92 Å². The molecule has 1 aromatic rings. The Morgan fingerprint density at radius 2 is 2.22 bits per heavy atom. The number of hydrogen-bond acceptors (Lipinski definition) is 2. The van der Waals surface area contributed by atoms with Crippen molar-refractivity contribution in [3.05, 3.63) is 28.8 Å². The molecule has 3 unspecified atom stereocenters. The van der Waals surface area contributed by atoms with E-state index in [9.17, 15) is 4.21 Å². The average molecular weight is 286 g/mol. The van der Waals surface area contributed by atoms with Gasteiger partial charge in [0.2, 0.25) is 0 Å². The third kappa shape index (κ3) is 3.48. The van der Waals surface area contributed by atoms with Crippen LogP contribution in [0.5, 0.6) is 0 Å². The van der Waals surface area contributed by atoms with Crippen LogP contribution in [-0.4, -0.2) is 16.5 Å². The van der Waals surface area contributed by atoms with Gasteiger partial charge in [0.1, 0.15) is 0 Å². The predicted octanol–water partition coefficient (Wildman–Crippen LogP) is 3.82. The van der Waals surface area contributed by atoms with Gasteiger partial charge < -0.3 is 5.32 Å². The lowest BCUT2D eigenvalue weighted by atomic mass is 10.1. The summed E-state index contributed by atoms with van der Waals surface area (Å²) in [7, 11) is -0.858. The molecule has 1 aromatic carbocycles. The molecular weight excluding hydrogens is 266 g/mol. The second kappa shape index (κ2) is 6.07. The Morgan fingerprint density at radius 1 is 1.44 bits per heavy atom. The van der Waals surface area contributed by atoms with Crippen LogP contribution >= 0.6 is 11.6 Å². The summed E-state index contributed by atoms with van der Waals surface area (Å²) in [5, 5.41) is 4.28. The number of hydrogen-bond donors (Lipinski definition) is 1. The maximum atomic E-state index is 11.3. The highest BCUT2D eigenvalue weighted by Crippen LogP contribution is 2.29. The largest absolute Gasteiger partial charge is 0.382 e. The molecule has 1 fully saturated rings. The van der Waals surface area contributed by atoms with Gasteiger partial charge in [0.25, 0.3) is 0 Å². The van der Waals surface area contributed by atoms with Crippen molar-refractivity contribution in [2.45, 2.75) is 38.0 Å². The fourth-order valence-electron chi connectivity index (χ4n) is 2.57. The summed E-state index contributed by atoms with van der Waals surface area (Å²) in [5.74, 6) is 1.25. The van der Waals surface area contributed by atoms with Crippen LogP contribution in [0.3, 0.4) is 0 Å². The number of rotatable bonds is 4. The molecule has 0 aromatic heterocycles. The molecule has 18 heavy (non-hydrogen) atoms. The second-order valence-electron chi connectivity index (χ2n) is 5.18. The first kappa shape index (κ1) is 13.9. The van der Waals surface area contributed by atoms with E-state index >= 15 is 0 Å². The fraction of sp³-hybridized carbons (Fsp3) is 0.571. The lowest BCUT2D eigenvalue weighted by Gasteiger charge is -2.19. The molecule has 0 amide bonds. The van der Waals surface area contributed by atoms with E-state index in [-0.39, 0.29) is 0 Å². The van der Waals surface area contributed by atoms with Crippen molar-refractivity contribution in [3.8, 4) is 0 Å². The maximum Gasteiger partial charge on any atom is 0.0498 e. The molecule has 2 rings (SSSR count). The normalized spacial score (nSPS) is 25.1. The van der Waals surface area contributed by atoms with Crippen LogP contribution in [0.15, 0.2) is 18.2 Å². The SMILES string of the molecule is CC1CCCC1Nc1ccc(Cl)c(CS(C)=O)c1. The van der Waals surface area contributed by atoms with Crippen molar-refractivity contribution in [1.82, 2.24) is 0 Å². The first-order valence-electron chi connectivity index (χ1n) is 6.41. The molecule has 4 heteroatoms. The van der Waals surface area contributed by atoms with E-state index in [0.29, 0.717) is 16.8 Å². The Hall–Kier alpha value is -0.540. The van der Waals surface area contributed by atoms with E-state index in [1.54, 1.807) is 6.26 Å². The van der Waals surface area contributed by atoms with Gasteiger partial charge in [0.15, 0.2) is 0 Å². The predicted molar refractivity (Wildman–Crippen MR) is 79.6 cm³/mol. The minimum absolute atomic E-state index is 0.522. The van der Waals surface area contributed by atoms with Crippen LogP contribution in [0.1, 0.15) is 31.7 Å². The first-order chi connectivity index (χ1) is 8.56. The summed E-state index contributed by atoms with van der Waals surface area (Å²) in [6.45, 7) is 2.29. The van der Waals surface area contributed by atoms with Gasteiger partial charge in [0, 0.05) is 39.6 Å². The van der Waals surface area contributed by atoms with Crippen molar-refractivity contribution >= 4 is 28.1 Å². The van der Waals surface area contributed by atoms with Crippen molar-refractivity contribution in [3.63, 3.8) is 0 Å². The Kier molecular flexibility index (Phi) is 4.68. The molecule has 1 N–H and O–H groups in total. The van der Waals surface area contributed by atoms with Gasteiger partial charge in [-0.15, -0.1) is 0 Å². The van der Waals surface area contributed by atoms with Gasteiger partial charge in [-0.2, -0.15) is 0 Å².